The lowest BCUT2D eigenvalue weighted by molar-refractivity contribution is -0.147. The number of fused-ring (bicyclic) bond motifs is 1. The molecule has 2 heterocycles. The van der Waals surface area contributed by atoms with Crippen LogP contribution in [-0.2, 0) is 15.9 Å². The highest BCUT2D eigenvalue weighted by Crippen LogP contribution is 2.42. The molecule has 0 spiro atoms. The van der Waals surface area contributed by atoms with E-state index >= 15 is 0 Å². The number of amides is 1. The van der Waals surface area contributed by atoms with E-state index in [4.69, 9.17) is 19.6 Å². The Kier molecular flexibility index (Phi) is 7.56. The summed E-state index contributed by atoms with van der Waals surface area (Å²) in [6, 6.07) is 6.17. The van der Waals surface area contributed by atoms with Crippen LogP contribution < -0.4 is 10.1 Å². The number of hydrogen-bond donors (Lipinski definition) is 2. The van der Waals surface area contributed by atoms with E-state index in [0.717, 1.165) is 42.6 Å². The second-order valence-electron chi connectivity index (χ2n) is 11.8. The van der Waals surface area contributed by atoms with Crippen molar-refractivity contribution in [1.82, 2.24) is 10.2 Å². The second-order valence-corrected chi connectivity index (χ2v) is 11.8. The number of methoxy groups -OCH3 is 1. The summed E-state index contributed by atoms with van der Waals surface area (Å²) in [6.45, 7) is 15.6. The molecule has 1 aromatic rings. The predicted octanol–water partition coefficient (Wildman–Crippen LogP) is 5.15. The van der Waals surface area contributed by atoms with Crippen molar-refractivity contribution in [1.29, 1.82) is 5.41 Å². The van der Waals surface area contributed by atoms with Crippen LogP contribution in [0.1, 0.15) is 78.9 Å². The molecular weight excluding hydrogens is 430 g/mol. The number of ether oxygens (including phenoxy) is 3. The number of benzene rings is 1. The van der Waals surface area contributed by atoms with Crippen LogP contribution in [0, 0.1) is 10.8 Å². The van der Waals surface area contributed by atoms with Crippen LogP contribution in [0.2, 0.25) is 0 Å². The molecule has 2 aliphatic heterocycles. The smallest absolute Gasteiger partial charge is 0.410 e. The summed E-state index contributed by atoms with van der Waals surface area (Å²) >= 11 is 0. The standard InChI is InChI=1S/C27H43N3O4/c1-25(2,3)27(7,32-8)22-12-10-18-17-19(9-11-21(18)33-22)23(28)29-20-13-15-30(16-14-20)24(31)34-26(4,5)6/h9,11,17,20,22H,10,12-16H2,1-8H3,(H2,28,29)/t22-,27+/m1/s1. The Morgan fingerprint density at radius 3 is 2.29 bits per heavy atom. The lowest BCUT2D eigenvalue weighted by Crippen LogP contribution is -2.55. The Balaban J connectivity index is 1.58. The number of nitrogens with zero attached hydrogens (tertiary/aromatic N) is 1. The first-order chi connectivity index (χ1) is 15.7. The molecule has 1 fully saturated rings. The summed E-state index contributed by atoms with van der Waals surface area (Å²) in [6.07, 6.45) is 3.07. The molecule has 0 saturated carbocycles. The molecule has 7 heteroatoms. The van der Waals surface area contributed by atoms with E-state index in [1.807, 2.05) is 32.9 Å². The quantitative estimate of drug-likeness (QED) is 0.467. The van der Waals surface area contributed by atoms with E-state index in [-0.39, 0.29) is 23.7 Å². The lowest BCUT2D eigenvalue weighted by Gasteiger charge is -2.47. The largest absolute Gasteiger partial charge is 0.487 e. The first-order valence-electron chi connectivity index (χ1n) is 12.4. The molecule has 1 saturated heterocycles. The summed E-state index contributed by atoms with van der Waals surface area (Å²) in [5.74, 6) is 1.29. The van der Waals surface area contributed by atoms with Gasteiger partial charge in [0.05, 0.1) is 0 Å². The SMILES string of the molecule is CO[C@@](C)([C@H]1CCc2cc(C(=N)NC3CCN(C(=O)OC(C)(C)C)CC3)ccc2O1)C(C)(C)C. The minimum absolute atomic E-state index is 0.0245. The second kappa shape index (κ2) is 9.76. The normalized spacial score (nSPS) is 21.2. The third-order valence-corrected chi connectivity index (χ3v) is 7.32. The van der Waals surface area contributed by atoms with Gasteiger partial charge in [-0.1, -0.05) is 20.8 Å². The first kappa shape index (κ1) is 26.3. The van der Waals surface area contributed by atoms with Gasteiger partial charge in [-0.2, -0.15) is 0 Å². The maximum Gasteiger partial charge on any atom is 0.410 e. The van der Waals surface area contributed by atoms with Crippen LogP contribution in [0.25, 0.3) is 0 Å². The van der Waals surface area contributed by atoms with Crippen LogP contribution in [0.5, 0.6) is 5.75 Å². The number of nitrogens with one attached hydrogen (secondary N) is 2. The van der Waals surface area contributed by atoms with Gasteiger partial charge in [0, 0.05) is 31.8 Å². The van der Waals surface area contributed by atoms with Crippen molar-refractivity contribution in [2.45, 2.75) is 97.5 Å². The molecule has 34 heavy (non-hydrogen) atoms. The van der Waals surface area contributed by atoms with E-state index in [2.05, 4.69) is 39.1 Å². The molecule has 1 aromatic carbocycles. The molecule has 0 radical (unpaired) electrons. The highest BCUT2D eigenvalue weighted by atomic mass is 16.6. The van der Waals surface area contributed by atoms with Gasteiger partial charge >= 0.3 is 6.09 Å². The lowest BCUT2D eigenvalue weighted by atomic mass is 9.72. The van der Waals surface area contributed by atoms with Gasteiger partial charge in [-0.05, 0) is 82.6 Å². The van der Waals surface area contributed by atoms with Gasteiger partial charge in [0.25, 0.3) is 0 Å². The fraction of sp³-hybridized carbons (Fsp3) is 0.704. The first-order valence-corrected chi connectivity index (χ1v) is 12.4. The molecule has 190 valence electrons. The van der Waals surface area contributed by atoms with Gasteiger partial charge in [-0.15, -0.1) is 0 Å². The van der Waals surface area contributed by atoms with Crippen LogP contribution >= 0.6 is 0 Å². The van der Waals surface area contributed by atoms with Crippen molar-refractivity contribution < 1.29 is 19.0 Å². The Morgan fingerprint density at radius 2 is 1.74 bits per heavy atom. The van der Waals surface area contributed by atoms with Gasteiger partial charge in [-0.3, -0.25) is 5.41 Å². The van der Waals surface area contributed by atoms with Crippen LogP contribution in [0.4, 0.5) is 4.79 Å². The number of aryl methyl sites for hydroxylation is 1. The molecule has 0 aromatic heterocycles. The molecule has 2 atom stereocenters. The van der Waals surface area contributed by atoms with Crippen LogP contribution in [-0.4, -0.2) is 60.4 Å². The van der Waals surface area contributed by atoms with E-state index < -0.39 is 11.2 Å². The monoisotopic (exact) mass is 473 g/mol. The maximum atomic E-state index is 12.3. The summed E-state index contributed by atoms with van der Waals surface area (Å²) in [4.78, 5) is 14.0. The minimum Gasteiger partial charge on any atom is -0.487 e. The fourth-order valence-electron chi connectivity index (χ4n) is 4.67. The number of hydrogen-bond acceptors (Lipinski definition) is 5. The predicted molar refractivity (Wildman–Crippen MR) is 135 cm³/mol. The van der Waals surface area contributed by atoms with Gasteiger partial charge < -0.3 is 24.4 Å². The summed E-state index contributed by atoms with van der Waals surface area (Å²) < 4.78 is 17.8. The van der Waals surface area contributed by atoms with Crippen molar-refractivity contribution >= 4 is 11.9 Å². The summed E-state index contributed by atoms with van der Waals surface area (Å²) in [5, 5.41) is 12.0. The molecule has 2 N–H and O–H groups in total. The molecule has 0 unspecified atom stereocenters. The Hall–Kier alpha value is -2.28. The number of carbonyl (C=O) groups excluding carboxylic acids is 1. The van der Waals surface area contributed by atoms with Gasteiger partial charge in [0.15, 0.2) is 0 Å². The Labute approximate surface area is 205 Å². The zero-order valence-electron chi connectivity index (χ0n) is 22.2. The molecule has 7 nitrogen and oxygen atoms in total. The average molecular weight is 474 g/mol. The van der Waals surface area contributed by atoms with Crippen molar-refractivity contribution in [3.05, 3.63) is 29.3 Å². The van der Waals surface area contributed by atoms with Gasteiger partial charge in [0.2, 0.25) is 0 Å². The summed E-state index contributed by atoms with van der Waals surface area (Å²) in [7, 11) is 1.76. The molecule has 2 aliphatic rings. The van der Waals surface area contributed by atoms with E-state index in [9.17, 15) is 4.79 Å². The molecule has 0 aliphatic carbocycles. The minimum atomic E-state index is -0.487. The van der Waals surface area contributed by atoms with Crippen LogP contribution in [0.15, 0.2) is 18.2 Å². The Bertz CT molecular complexity index is 894. The topological polar surface area (TPSA) is 83.9 Å². The number of likely N-dealkylation sites (tertiary alicyclic amines) is 1. The molecule has 0 bridgehead atoms. The van der Waals surface area contributed by atoms with Crippen molar-refractivity contribution in [2.75, 3.05) is 20.2 Å². The van der Waals surface area contributed by atoms with Gasteiger partial charge in [0.1, 0.15) is 28.9 Å². The van der Waals surface area contributed by atoms with E-state index in [0.29, 0.717) is 18.9 Å². The van der Waals surface area contributed by atoms with Crippen molar-refractivity contribution in [3.8, 4) is 5.75 Å². The number of carbonyl (C=O) groups is 1. The highest BCUT2D eigenvalue weighted by Gasteiger charge is 2.47. The third-order valence-electron chi connectivity index (χ3n) is 7.32. The van der Waals surface area contributed by atoms with E-state index in [1.54, 1.807) is 12.0 Å². The average Bonchev–Trinajstić information content (AvgIpc) is 2.76. The molecule has 3 rings (SSSR count). The fourth-order valence-corrected chi connectivity index (χ4v) is 4.67. The number of amidine groups is 1. The molecular formula is C27H43N3O4. The van der Waals surface area contributed by atoms with Gasteiger partial charge in [-0.25, -0.2) is 4.79 Å². The number of rotatable bonds is 4. The maximum absolute atomic E-state index is 12.3. The zero-order valence-corrected chi connectivity index (χ0v) is 22.2. The van der Waals surface area contributed by atoms with Crippen molar-refractivity contribution in [3.63, 3.8) is 0 Å². The summed E-state index contributed by atoms with van der Waals surface area (Å²) in [5.41, 5.74) is 1.05. The third kappa shape index (κ3) is 5.85. The van der Waals surface area contributed by atoms with E-state index in [1.165, 1.54) is 0 Å². The Morgan fingerprint density at radius 1 is 1.09 bits per heavy atom. The molecule has 1 amide bonds. The van der Waals surface area contributed by atoms with Crippen LogP contribution in [0.3, 0.4) is 0 Å². The highest BCUT2D eigenvalue weighted by molar-refractivity contribution is 5.96. The van der Waals surface area contributed by atoms with Crippen molar-refractivity contribution in [2.24, 2.45) is 5.41 Å². The number of piperidine rings is 1. The zero-order chi connectivity index (χ0) is 25.3.